The van der Waals surface area contributed by atoms with Crippen LogP contribution >= 0.6 is 0 Å². The maximum Gasteiger partial charge on any atom is 0.0842 e. The van der Waals surface area contributed by atoms with Crippen LogP contribution in [0.3, 0.4) is 0 Å². The molecule has 1 aliphatic carbocycles. The van der Waals surface area contributed by atoms with Gasteiger partial charge < -0.3 is 0 Å². The van der Waals surface area contributed by atoms with Gasteiger partial charge in [0, 0.05) is 12.4 Å². The van der Waals surface area contributed by atoms with Gasteiger partial charge in [-0.1, -0.05) is 13.0 Å². The van der Waals surface area contributed by atoms with Crippen molar-refractivity contribution >= 4 is 6.08 Å². The number of fused-ring (bicyclic) bond motifs is 1. The average Bonchev–Trinajstić information content (AvgIpc) is 2.04. The minimum Gasteiger partial charge on any atom is -0.257 e. The van der Waals surface area contributed by atoms with E-state index < -0.39 is 0 Å². The van der Waals surface area contributed by atoms with E-state index in [1.54, 1.807) is 12.4 Å². The Morgan fingerprint density at radius 3 is 3.09 bits per heavy atom. The lowest BCUT2D eigenvalue weighted by Crippen LogP contribution is -2.06. The fourth-order valence-electron chi connectivity index (χ4n) is 1.30. The van der Waals surface area contributed by atoms with Crippen LogP contribution in [0.1, 0.15) is 18.3 Å². The average molecular weight is 146 g/mol. The Hall–Kier alpha value is -1.18. The monoisotopic (exact) mass is 146 g/mol. The first-order valence-corrected chi connectivity index (χ1v) is 3.84. The molecule has 0 saturated heterocycles. The first kappa shape index (κ1) is 6.53. The third-order valence-corrected chi connectivity index (χ3v) is 1.90. The second-order valence-electron chi connectivity index (χ2n) is 2.93. The Morgan fingerprint density at radius 2 is 2.18 bits per heavy atom. The zero-order valence-electron chi connectivity index (χ0n) is 6.49. The van der Waals surface area contributed by atoms with Crippen molar-refractivity contribution in [2.24, 2.45) is 5.92 Å². The van der Waals surface area contributed by atoms with Crippen LogP contribution in [-0.4, -0.2) is 9.97 Å². The number of allylic oxidation sites excluding steroid dienone is 1. The van der Waals surface area contributed by atoms with Gasteiger partial charge in [0.25, 0.3) is 0 Å². The van der Waals surface area contributed by atoms with Crippen molar-refractivity contribution in [1.29, 1.82) is 0 Å². The Kier molecular flexibility index (Phi) is 1.46. The number of hydrogen-bond acceptors (Lipinski definition) is 2. The van der Waals surface area contributed by atoms with Crippen LogP contribution < -0.4 is 0 Å². The predicted octanol–water partition coefficient (Wildman–Crippen LogP) is 1.68. The summed E-state index contributed by atoms with van der Waals surface area (Å²) in [5, 5.41) is 0. The quantitative estimate of drug-likeness (QED) is 0.556. The van der Waals surface area contributed by atoms with Crippen LogP contribution in [0, 0.1) is 5.92 Å². The molecular formula is C9H10N2. The standard InChI is InChI=1S/C9H10N2/c1-7-2-3-8-9(6-7)11-5-4-10-8/h2-5,7H,6H2,1H3. The first-order chi connectivity index (χ1) is 5.36. The molecule has 0 amide bonds. The molecule has 1 heterocycles. The number of rotatable bonds is 0. The summed E-state index contributed by atoms with van der Waals surface area (Å²) >= 11 is 0. The third-order valence-electron chi connectivity index (χ3n) is 1.90. The molecule has 0 spiro atoms. The van der Waals surface area contributed by atoms with E-state index in [4.69, 9.17) is 0 Å². The second-order valence-corrected chi connectivity index (χ2v) is 2.93. The predicted molar refractivity (Wildman–Crippen MR) is 43.9 cm³/mol. The van der Waals surface area contributed by atoms with E-state index in [1.165, 1.54) is 0 Å². The van der Waals surface area contributed by atoms with E-state index in [2.05, 4.69) is 29.0 Å². The molecule has 0 aliphatic heterocycles. The fraction of sp³-hybridized carbons (Fsp3) is 0.333. The summed E-state index contributed by atoms with van der Waals surface area (Å²) in [4.78, 5) is 8.46. The normalized spacial score (nSPS) is 21.4. The highest BCUT2D eigenvalue weighted by Crippen LogP contribution is 2.17. The zero-order chi connectivity index (χ0) is 7.68. The molecule has 0 bridgehead atoms. The van der Waals surface area contributed by atoms with Crippen LogP contribution in [0.15, 0.2) is 18.5 Å². The lowest BCUT2D eigenvalue weighted by atomic mass is 9.98. The molecule has 1 aliphatic rings. The number of aromatic nitrogens is 2. The highest BCUT2D eigenvalue weighted by Gasteiger charge is 2.10. The Morgan fingerprint density at radius 1 is 1.36 bits per heavy atom. The van der Waals surface area contributed by atoms with E-state index in [9.17, 15) is 0 Å². The summed E-state index contributed by atoms with van der Waals surface area (Å²) in [6.45, 7) is 2.19. The summed E-state index contributed by atoms with van der Waals surface area (Å²) in [6.07, 6.45) is 8.75. The largest absolute Gasteiger partial charge is 0.257 e. The Labute approximate surface area is 66.0 Å². The molecule has 56 valence electrons. The summed E-state index contributed by atoms with van der Waals surface area (Å²) in [5.74, 6) is 0.610. The van der Waals surface area contributed by atoms with Gasteiger partial charge >= 0.3 is 0 Å². The minimum absolute atomic E-state index is 0.610. The highest BCUT2D eigenvalue weighted by molar-refractivity contribution is 5.49. The molecule has 1 unspecified atom stereocenters. The molecule has 1 aromatic rings. The van der Waals surface area contributed by atoms with E-state index >= 15 is 0 Å². The maximum atomic E-state index is 4.26. The van der Waals surface area contributed by atoms with Gasteiger partial charge in [-0.15, -0.1) is 0 Å². The number of hydrogen-bond donors (Lipinski definition) is 0. The molecule has 1 atom stereocenters. The van der Waals surface area contributed by atoms with Gasteiger partial charge in [0.05, 0.1) is 11.4 Å². The van der Waals surface area contributed by atoms with Crippen molar-refractivity contribution in [1.82, 2.24) is 9.97 Å². The van der Waals surface area contributed by atoms with Gasteiger partial charge in [-0.25, -0.2) is 0 Å². The van der Waals surface area contributed by atoms with E-state index in [1.807, 2.05) is 0 Å². The molecule has 0 aromatic carbocycles. The van der Waals surface area contributed by atoms with E-state index in [-0.39, 0.29) is 0 Å². The molecule has 1 aromatic heterocycles. The summed E-state index contributed by atoms with van der Waals surface area (Å²) in [6, 6.07) is 0. The van der Waals surface area contributed by atoms with Crippen LogP contribution in [0.5, 0.6) is 0 Å². The Bertz CT molecular complexity index is 291. The zero-order valence-corrected chi connectivity index (χ0v) is 6.49. The van der Waals surface area contributed by atoms with Crippen LogP contribution in [-0.2, 0) is 6.42 Å². The topological polar surface area (TPSA) is 25.8 Å². The van der Waals surface area contributed by atoms with Crippen molar-refractivity contribution < 1.29 is 0 Å². The van der Waals surface area contributed by atoms with Crippen molar-refractivity contribution in [3.05, 3.63) is 29.9 Å². The number of nitrogens with zero attached hydrogens (tertiary/aromatic N) is 2. The van der Waals surface area contributed by atoms with Crippen LogP contribution in [0.4, 0.5) is 0 Å². The molecule has 0 radical (unpaired) electrons. The fourth-order valence-corrected chi connectivity index (χ4v) is 1.30. The van der Waals surface area contributed by atoms with Crippen LogP contribution in [0.25, 0.3) is 6.08 Å². The molecule has 0 fully saturated rings. The molecular weight excluding hydrogens is 136 g/mol. The molecule has 0 saturated carbocycles. The lowest BCUT2D eigenvalue weighted by molar-refractivity contribution is 0.693. The molecule has 2 nitrogen and oxygen atoms in total. The van der Waals surface area contributed by atoms with Gasteiger partial charge in [-0.05, 0) is 18.4 Å². The molecule has 2 rings (SSSR count). The van der Waals surface area contributed by atoms with E-state index in [0.717, 1.165) is 17.8 Å². The van der Waals surface area contributed by atoms with Gasteiger partial charge in [0.2, 0.25) is 0 Å². The van der Waals surface area contributed by atoms with Gasteiger partial charge in [0.15, 0.2) is 0 Å². The van der Waals surface area contributed by atoms with Crippen molar-refractivity contribution in [3.8, 4) is 0 Å². The molecule has 0 N–H and O–H groups in total. The second kappa shape index (κ2) is 2.46. The first-order valence-electron chi connectivity index (χ1n) is 3.84. The maximum absolute atomic E-state index is 4.26. The molecule has 2 heteroatoms. The summed E-state index contributed by atoms with van der Waals surface area (Å²) in [5.41, 5.74) is 2.16. The van der Waals surface area contributed by atoms with Gasteiger partial charge in [-0.3, -0.25) is 9.97 Å². The van der Waals surface area contributed by atoms with Gasteiger partial charge in [0.1, 0.15) is 0 Å². The Balaban J connectivity index is 2.46. The highest BCUT2D eigenvalue weighted by atomic mass is 14.8. The third kappa shape index (κ3) is 1.16. The summed E-state index contributed by atoms with van der Waals surface area (Å²) < 4.78 is 0. The van der Waals surface area contributed by atoms with Crippen molar-refractivity contribution in [2.45, 2.75) is 13.3 Å². The minimum atomic E-state index is 0.610. The smallest absolute Gasteiger partial charge is 0.0842 e. The van der Waals surface area contributed by atoms with Gasteiger partial charge in [-0.2, -0.15) is 0 Å². The van der Waals surface area contributed by atoms with Crippen molar-refractivity contribution in [3.63, 3.8) is 0 Å². The summed E-state index contributed by atoms with van der Waals surface area (Å²) in [7, 11) is 0. The molecule has 11 heavy (non-hydrogen) atoms. The SMILES string of the molecule is CC1C=Cc2nccnc2C1. The van der Waals surface area contributed by atoms with Crippen LogP contribution in [0.2, 0.25) is 0 Å². The van der Waals surface area contributed by atoms with Crippen molar-refractivity contribution in [2.75, 3.05) is 0 Å². The van der Waals surface area contributed by atoms with E-state index in [0.29, 0.717) is 5.92 Å². The lowest BCUT2D eigenvalue weighted by Gasteiger charge is -2.12.